The zero-order chi connectivity index (χ0) is 17.6. The van der Waals surface area contributed by atoms with Crippen LogP contribution >= 0.6 is 12.2 Å². The van der Waals surface area contributed by atoms with Gasteiger partial charge >= 0.3 is 0 Å². The standard InChI is InChI=1S/C18H18N2O4S/c1-12-4-2-3-5-14(12)24-11-17(21)20-18(25)19-13-6-7-15-16(10-13)23-9-8-22-15/h2-7,10H,8-9,11H2,1H3,(H2,19,20,21,25). The van der Waals surface area contributed by atoms with Gasteiger partial charge in [-0.25, -0.2) is 0 Å². The minimum Gasteiger partial charge on any atom is -0.486 e. The van der Waals surface area contributed by atoms with E-state index in [1.54, 1.807) is 18.2 Å². The van der Waals surface area contributed by atoms with E-state index in [9.17, 15) is 4.79 Å². The molecule has 1 aliphatic heterocycles. The lowest BCUT2D eigenvalue weighted by Gasteiger charge is -2.19. The first-order valence-electron chi connectivity index (χ1n) is 7.81. The van der Waals surface area contributed by atoms with Gasteiger partial charge in [0.2, 0.25) is 0 Å². The van der Waals surface area contributed by atoms with Gasteiger partial charge in [0.05, 0.1) is 0 Å². The number of anilines is 1. The van der Waals surface area contributed by atoms with Gasteiger partial charge in [-0.3, -0.25) is 10.1 Å². The Balaban J connectivity index is 1.50. The van der Waals surface area contributed by atoms with E-state index in [1.807, 2.05) is 31.2 Å². The monoisotopic (exact) mass is 358 g/mol. The molecule has 0 saturated heterocycles. The van der Waals surface area contributed by atoms with Crippen molar-refractivity contribution in [3.05, 3.63) is 48.0 Å². The lowest BCUT2D eigenvalue weighted by molar-refractivity contribution is -0.121. The predicted octanol–water partition coefficient (Wildman–Crippen LogP) is 2.66. The van der Waals surface area contributed by atoms with Crippen molar-refractivity contribution in [3.63, 3.8) is 0 Å². The molecule has 25 heavy (non-hydrogen) atoms. The van der Waals surface area contributed by atoms with Gasteiger partial charge in [-0.1, -0.05) is 18.2 Å². The molecular weight excluding hydrogens is 340 g/mol. The molecule has 3 rings (SSSR count). The number of ether oxygens (including phenoxy) is 3. The smallest absolute Gasteiger partial charge is 0.264 e. The van der Waals surface area contributed by atoms with Gasteiger partial charge < -0.3 is 19.5 Å². The summed E-state index contributed by atoms with van der Waals surface area (Å²) < 4.78 is 16.5. The summed E-state index contributed by atoms with van der Waals surface area (Å²) >= 11 is 5.15. The van der Waals surface area contributed by atoms with Crippen molar-refractivity contribution >= 4 is 28.9 Å². The van der Waals surface area contributed by atoms with Gasteiger partial charge in [0.1, 0.15) is 19.0 Å². The summed E-state index contributed by atoms with van der Waals surface area (Å²) in [6.45, 7) is 2.85. The number of rotatable bonds is 4. The highest BCUT2D eigenvalue weighted by Crippen LogP contribution is 2.32. The van der Waals surface area contributed by atoms with E-state index in [1.165, 1.54) is 0 Å². The third-order valence-electron chi connectivity index (χ3n) is 3.51. The molecule has 2 N–H and O–H groups in total. The topological polar surface area (TPSA) is 68.8 Å². The SMILES string of the molecule is Cc1ccccc1OCC(=O)NC(=S)Nc1ccc2c(c1)OCCO2. The first-order valence-corrected chi connectivity index (χ1v) is 8.21. The molecular formula is C18H18N2O4S. The molecule has 0 unspecified atom stereocenters. The van der Waals surface area contributed by atoms with Crippen LogP contribution in [0.5, 0.6) is 17.2 Å². The summed E-state index contributed by atoms with van der Waals surface area (Å²) in [5.74, 6) is 1.67. The van der Waals surface area contributed by atoms with Crippen molar-refractivity contribution < 1.29 is 19.0 Å². The molecule has 0 fully saturated rings. The number of aryl methyl sites for hydroxylation is 1. The van der Waals surface area contributed by atoms with Crippen LogP contribution in [0.4, 0.5) is 5.69 Å². The number of hydrogen-bond acceptors (Lipinski definition) is 5. The number of carbonyl (C=O) groups excluding carboxylic acids is 1. The number of nitrogens with one attached hydrogen (secondary N) is 2. The normalized spacial score (nSPS) is 12.2. The second-order valence-corrected chi connectivity index (χ2v) is 5.82. The number of para-hydroxylation sites is 1. The van der Waals surface area contributed by atoms with Gasteiger partial charge in [-0.15, -0.1) is 0 Å². The Morgan fingerprint density at radius 2 is 1.92 bits per heavy atom. The molecule has 0 radical (unpaired) electrons. The Morgan fingerprint density at radius 1 is 1.16 bits per heavy atom. The van der Waals surface area contributed by atoms with E-state index in [0.717, 1.165) is 5.56 Å². The van der Waals surface area contributed by atoms with Crippen molar-refractivity contribution in [2.24, 2.45) is 0 Å². The summed E-state index contributed by atoms with van der Waals surface area (Å²) in [4.78, 5) is 12.0. The van der Waals surface area contributed by atoms with Gasteiger partial charge in [-0.05, 0) is 42.9 Å². The summed E-state index contributed by atoms with van der Waals surface area (Å²) in [5.41, 5.74) is 1.67. The zero-order valence-electron chi connectivity index (χ0n) is 13.7. The van der Waals surface area contributed by atoms with Gasteiger partial charge in [0.15, 0.2) is 23.2 Å². The maximum atomic E-state index is 12.0. The number of benzene rings is 2. The van der Waals surface area contributed by atoms with Crippen molar-refractivity contribution in [1.82, 2.24) is 5.32 Å². The minimum atomic E-state index is -0.335. The maximum Gasteiger partial charge on any atom is 0.264 e. The number of thiocarbonyl (C=S) groups is 1. The second kappa shape index (κ2) is 7.85. The Hall–Kier alpha value is -2.80. The molecule has 0 saturated carbocycles. The molecule has 130 valence electrons. The Bertz CT molecular complexity index is 794. The van der Waals surface area contributed by atoms with E-state index >= 15 is 0 Å². The second-order valence-electron chi connectivity index (χ2n) is 5.41. The predicted molar refractivity (Wildman–Crippen MR) is 98.5 cm³/mol. The molecule has 0 atom stereocenters. The Morgan fingerprint density at radius 3 is 2.72 bits per heavy atom. The van der Waals surface area contributed by atoms with Gasteiger partial charge in [-0.2, -0.15) is 0 Å². The lowest BCUT2D eigenvalue weighted by atomic mass is 10.2. The summed E-state index contributed by atoms with van der Waals surface area (Å²) in [5, 5.41) is 5.71. The van der Waals surface area contributed by atoms with E-state index in [-0.39, 0.29) is 17.6 Å². The van der Waals surface area contributed by atoms with Crippen molar-refractivity contribution in [1.29, 1.82) is 0 Å². The van der Waals surface area contributed by atoms with Crippen LogP contribution in [0.2, 0.25) is 0 Å². The Kier molecular flexibility index (Phi) is 5.35. The molecule has 1 amide bonds. The first kappa shape index (κ1) is 17.0. The van der Waals surface area contributed by atoms with Crippen LogP contribution < -0.4 is 24.8 Å². The van der Waals surface area contributed by atoms with Crippen LogP contribution in [-0.4, -0.2) is 30.8 Å². The number of amides is 1. The highest BCUT2D eigenvalue weighted by Gasteiger charge is 2.13. The van der Waals surface area contributed by atoms with Crippen LogP contribution in [0.1, 0.15) is 5.56 Å². The van der Waals surface area contributed by atoms with Crippen molar-refractivity contribution in [3.8, 4) is 17.2 Å². The molecule has 7 heteroatoms. The highest BCUT2D eigenvalue weighted by atomic mass is 32.1. The highest BCUT2D eigenvalue weighted by molar-refractivity contribution is 7.80. The molecule has 0 aromatic heterocycles. The average molecular weight is 358 g/mol. The maximum absolute atomic E-state index is 12.0. The van der Waals surface area contributed by atoms with Crippen molar-refractivity contribution in [2.45, 2.75) is 6.92 Å². The molecule has 6 nitrogen and oxygen atoms in total. The first-order chi connectivity index (χ1) is 12.1. The number of hydrogen-bond donors (Lipinski definition) is 2. The summed E-state index contributed by atoms with van der Waals surface area (Å²) in [6.07, 6.45) is 0. The molecule has 1 aliphatic rings. The van der Waals surface area contributed by atoms with E-state index in [0.29, 0.717) is 36.1 Å². The third-order valence-corrected chi connectivity index (χ3v) is 3.71. The third kappa shape index (κ3) is 4.60. The summed E-state index contributed by atoms with van der Waals surface area (Å²) in [6, 6.07) is 12.9. The van der Waals surface area contributed by atoms with Crippen LogP contribution in [0.3, 0.4) is 0 Å². The molecule has 2 aromatic rings. The fourth-order valence-corrected chi connectivity index (χ4v) is 2.54. The zero-order valence-corrected chi connectivity index (χ0v) is 14.5. The van der Waals surface area contributed by atoms with Crippen molar-refractivity contribution in [2.75, 3.05) is 25.1 Å². The summed E-state index contributed by atoms with van der Waals surface area (Å²) in [7, 11) is 0. The fourth-order valence-electron chi connectivity index (χ4n) is 2.31. The average Bonchev–Trinajstić information content (AvgIpc) is 2.61. The van der Waals surface area contributed by atoms with Crippen LogP contribution in [0.15, 0.2) is 42.5 Å². The van der Waals surface area contributed by atoms with E-state index < -0.39 is 0 Å². The van der Waals surface area contributed by atoms with E-state index in [4.69, 9.17) is 26.4 Å². The van der Waals surface area contributed by atoms with Crippen LogP contribution in [0.25, 0.3) is 0 Å². The molecule has 0 spiro atoms. The molecule has 2 aromatic carbocycles. The quantitative estimate of drug-likeness (QED) is 0.819. The van der Waals surface area contributed by atoms with Crippen LogP contribution in [-0.2, 0) is 4.79 Å². The largest absolute Gasteiger partial charge is 0.486 e. The van der Waals surface area contributed by atoms with E-state index in [2.05, 4.69) is 10.6 Å². The van der Waals surface area contributed by atoms with Crippen LogP contribution in [0, 0.1) is 6.92 Å². The Labute approximate surface area is 151 Å². The number of carbonyl (C=O) groups is 1. The fraction of sp³-hybridized carbons (Fsp3) is 0.222. The number of fused-ring (bicyclic) bond motifs is 1. The molecule has 0 bridgehead atoms. The van der Waals surface area contributed by atoms with Gasteiger partial charge in [0.25, 0.3) is 5.91 Å². The lowest BCUT2D eigenvalue weighted by Crippen LogP contribution is -2.37. The minimum absolute atomic E-state index is 0.117. The van der Waals surface area contributed by atoms with Gasteiger partial charge in [0, 0.05) is 11.8 Å². The molecule has 0 aliphatic carbocycles. The molecule has 1 heterocycles.